The van der Waals surface area contributed by atoms with Crippen molar-refractivity contribution in [2.45, 2.75) is 218 Å². The van der Waals surface area contributed by atoms with Gasteiger partial charge < -0.3 is 26.2 Å². The predicted molar refractivity (Wildman–Crippen MR) is 209 cm³/mol. The van der Waals surface area contributed by atoms with Crippen molar-refractivity contribution < 1.29 is 30.0 Å². The molecule has 294 valence electrons. The van der Waals surface area contributed by atoms with Crippen LogP contribution in [0.2, 0.25) is 0 Å². The average Bonchev–Trinajstić information content (AvgIpc) is 3.09. The summed E-state index contributed by atoms with van der Waals surface area (Å²) in [5, 5.41) is 45.4. The van der Waals surface area contributed by atoms with Crippen LogP contribution in [0.4, 0.5) is 0 Å². The van der Waals surface area contributed by atoms with Gasteiger partial charge in [-0.25, -0.2) is 0 Å². The zero-order chi connectivity index (χ0) is 37.4. The molecule has 0 aliphatic heterocycles. The number of amides is 1. The van der Waals surface area contributed by atoms with Crippen LogP contribution in [0, 0.1) is 11.3 Å². The highest BCUT2D eigenvalue weighted by Gasteiger charge is 2.60. The van der Waals surface area contributed by atoms with Gasteiger partial charge in [0.2, 0.25) is 11.6 Å². The number of primary amides is 1. The number of Topliss-reactive ketones (excluding diaryl/α,β-unsaturated/α-hetero) is 1. The van der Waals surface area contributed by atoms with Crippen LogP contribution in [-0.2, 0) is 22.4 Å². The molecule has 1 aromatic carbocycles. The van der Waals surface area contributed by atoms with Crippen LogP contribution in [0.1, 0.15) is 205 Å². The fourth-order valence-electron chi connectivity index (χ4n) is 8.33. The van der Waals surface area contributed by atoms with Gasteiger partial charge in [0, 0.05) is 5.41 Å². The molecule has 1 aromatic rings. The highest BCUT2D eigenvalue weighted by molar-refractivity contribution is 5.95. The van der Waals surface area contributed by atoms with Crippen LogP contribution in [-0.4, -0.2) is 43.7 Å². The molecule has 0 aromatic heterocycles. The number of nitrogens with two attached hydrogens (primary N) is 1. The van der Waals surface area contributed by atoms with Gasteiger partial charge in [0.05, 0.1) is 5.92 Å². The highest BCUT2D eigenvalue weighted by atomic mass is 16.5. The molecule has 7 heteroatoms. The molecule has 1 unspecified atom stereocenters. The maximum absolute atomic E-state index is 14.1. The zero-order valence-corrected chi connectivity index (χ0v) is 32.8. The van der Waals surface area contributed by atoms with Crippen molar-refractivity contribution in [2.24, 2.45) is 17.1 Å². The number of hydrogen-bond acceptors (Lipinski definition) is 6. The van der Waals surface area contributed by atoms with E-state index in [1.807, 2.05) is 24.3 Å². The number of rotatable bonds is 33. The molecule has 6 N–H and O–H groups in total. The van der Waals surface area contributed by atoms with E-state index in [4.69, 9.17) is 5.73 Å². The van der Waals surface area contributed by atoms with Crippen LogP contribution in [0.5, 0.6) is 0 Å². The third-order valence-corrected chi connectivity index (χ3v) is 11.7. The molecule has 2 rings (SSSR count). The molecule has 1 aliphatic carbocycles. The van der Waals surface area contributed by atoms with E-state index in [1.54, 1.807) is 0 Å². The van der Waals surface area contributed by atoms with E-state index in [9.17, 15) is 30.0 Å². The number of ketones is 1. The van der Waals surface area contributed by atoms with Crippen LogP contribution >= 0.6 is 0 Å². The largest absolute Gasteiger partial charge is 0.365 e. The quantitative estimate of drug-likeness (QED) is 0.0363. The molecule has 0 saturated carbocycles. The fraction of sp³-hybridized carbons (Fsp3) is 0.818. The first-order valence-corrected chi connectivity index (χ1v) is 21.3. The van der Waals surface area contributed by atoms with Gasteiger partial charge in [-0.1, -0.05) is 205 Å². The van der Waals surface area contributed by atoms with E-state index in [1.165, 1.54) is 109 Å². The van der Waals surface area contributed by atoms with E-state index in [0.29, 0.717) is 12.8 Å². The number of unbranched alkanes of at least 4 members (excludes halogenated alkanes) is 24. The van der Waals surface area contributed by atoms with Crippen molar-refractivity contribution in [1.29, 1.82) is 0 Å². The van der Waals surface area contributed by atoms with Crippen LogP contribution in [0.25, 0.3) is 0 Å². The maximum Gasteiger partial charge on any atom is 0.278 e. The van der Waals surface area contributed by atoms with Crippen molar-refractivity contribution in [3.63, 3.8) is 0 Å². The van der Waals surface area contributed by atoms with Crippen LogP contribution in [0.3, 0.4) is 0 Å². The summed E-state index contributed by atoms with van der Waals surface area (Å²) in [6.45, 7) is 4.48. The molecule has 0 radical (unpaired) electrons. The number of carbonyl (C=O) groups is 2. The molecular weight excluding hydrogens is 638 g/mol. The minimum Gasteiger partial charge on any atom is -0.365 e. The molecule has 0 heterocycles. The monoisotopic (exact) mass is 716 g/mol. The third-order valence-electron chi connectivity index (χ3n) is 11.7. The minimum absolute atomic E-state index is 0.0600. The number of benzene rings is 1. The van der Waals surface area contributed by atoms with Crippen molar-refractivity contribution in [1.82, 2.24) is 0 Å². The number of aliphatic hydroxyl groups is 4. The van der Waals surface area contributed by atoms with Gasteiger partial charge in [0.25, 0.3) is 11.7 Å². The van der Waals surface area contributed by atoms with Crippen molar-refractivity contribution in [3.8, 4) is 0 Å². The lowest BCUT2D eigenvalue weighted by Crippen LogP contribution is -2.64. The Bertz CT molecular complexity index is 1060. The summed E-state index contributed by atoms with van der Waals surface area (Å²) in [5.74, 6) is -10.4. The smallest absolute Gasteiger partial charge is 0.278 e. The summed E-state index contributed by atoms with van der Waals surface area (Å²) in [6.07, 6.45) is 31.1. The fourth-order valence-corrected chi connectivity index (χ4v) is 8.33. The second-order valence-electron chi connectivity index (χ2n) is 16.2. The summed E-state index contributed by atoms with van der Waals surface area (Å²) in [5.41, 5.74) is 5.97. The molecule has 0 fully saturated rings. The lowest BCUT2D eigenvalue weighted by atomic mass is 9.61. The third kappa shape index (κ3) is 16.0. The van der Waals surface area contributed by atoms with E-state index in [0.717, 1.165) is 62.5 Å². The molecule has 0 saturated heterocycles. The summed E-state index contributed by atoms with van der Waals surface area (Å²) in [7, 11) is 0. The lowest BCUT2D eigenvalue weighted by Gasteiger charge is -2.47. The number of fused-ring (bicyclic) bond motifs is 2. The Kier molecular flexibility index (Phi) is 22.5. The normalized spacial score (nSPS) is 14.9. The van der Waals surface area contributed by atoms with Gasteiger partial charge in [0.1, 0.15) is 0 Å². The first kappa shape index (κ1) is 45.4. The van der Waals surface area contributed by atoms with E-state index < -0.39 is 34.6 Å². The summed E-state index contributed by atoms with van der Waals surface area (Å²) < 4.78 is 0. The highest BCUT2D eigenvalue weighted by Crippen LogP contribution is 2.47. The Morgan fingerprint density at radius 2 is 0.961 bits per heavy atom. The van der Waals surface area contributed by atoms with E-state index in [2.05, 4.69) is 13.8 Å². The van der Waals surface area contributed by atoms with E-state index >= 15 is 0 Å². The molecule has 1 amide bonds. The predicted octanol–water partition coefficient (Wildman–Crippen LogP) is 9.77. The molecule has 1 aliphatic rings. The van der Waals surface area contributed by atoms with Crippen LogP contribution < -0.4 is 5.73 Å². The Balaban J connectivity index is 1.93. The number of carbonyl (C=O) groups excluding carboxylic acids is 2. The lowest BCUT2D eigenvalue weighted by molar-refractivity contribution is -0.254. The van der Waals surface area contributed by atoms with Gasteiger partial charge in [-0.3, -0.25) is 9.59 Å². The van der Waals surface area contributed by atoms with Crippen molar-refractivity contribution >= 4 is 11.7 Å². The molecule has 51 heavy (non-hydrogen) atoms. The Labute approximate surface area is 311 Å². The first-order chi connectivity index (χ1) is 24.5. The molecule has 7 nitrogen and oxygen atoms in total. The summed E-state index contributed by atoms with van der Waals surface area (Å²) in [6, 6.07) is 7.83. The van der Waals surface area contributed by atoms with Gasteiger partial charge in [-0.15, -0.1) is 0 Å². The van der Waals surface area contributed by atoms with Gasteiger partial charge in [-0.2, -0.15) is 0 Å². The van der Waals surface area contributed by atoms with Gasteiger partial charge in [-0.05, 0) is 36.8 Å². The zero-order valence-electron chi connectivity index (χ0n) is 32.8. The van der Waals surface area contributed by atoms with Crippen LogP contribution in [0.15, 0.2) is 24.3 Å². The van der Waals surface area contributed by atoms with Gasteiger partial charge in [0.15, 0.2) is 0 Å². The number of hydrogen-bond donors (Lipinski definition) is 5. The Morgan fingerprint density at radius 1 is 0.608 bits per heavy atom. The second-order valence-corrected chi connectivity index (χ2v) is 16.2. The second kappa shape index (κ2) is 25.3. The molecule has 2 bridgehead atoms. The Morgan fingerprint density at radius 3 is 1.33 bits per heavy atom. The summed E-state index contributed by atoms with van der Waals surface area (Å²) in [4.78, 5) is 26.4. The summed E-state index contributed by atoms with van der Waals surface area (Å²) >= 11 is 0. The standard InChI is InChI=1S/C44H77NO6/c1-3-5-7-9-11-13-15-17-19-21-23-25-27-32-39(43(48,49)41(45)47)40(46)44(50,51)42(35-37-30-29-31-38(34-37)36-42)33-28-26-24-22-20-18-16-14-12-10-8-6-4-2/h29-31,34,39,48-51H,3-28,32-33,35-36H2,1-2H3,(H2,45,47). The average molecular weight is 716 g/mol. The van der Waals surface area contributed by atoms with Crippen molar-refractivity contribution in [3.05, 3.63) is 35.4 Å². The molecule has 0 spiro atoms. The van der Waals surface area contributed by atoms with Crippen molar-refractivity contribution in [2.75, 3.05) is 0 Å². The molecular formula is C44H77NO6. The SMILES string of the molecule is CCCCCCCCCCCCCCCC(C(=O)C(O)(O)C1(CCCCCCCCCCCCCCC)Cc2cccc(c2)C1)C(O)(O)C(N)=O. The maximum atomic E-state index is 14.1. The first-order valence-electron chi connectivity index (χ1n) is 21.3. The molecule has 1 atom stereocenters. The Hall–Kier alpha value is -1.80. The topological polar surface area (TPSA) is 141 Å². The van der Waals surface area contributed by atoms with Gasteiger partial charge >= 0.3 is 0 Å². The van der Waals surface area contributed by atoms with E-state index in [-0.39, 0.29) is 19.3 Å². The minimum atomic E-state index is -3.18.